The first-order valence-corrected chi connectivity index (χ1v) is 5.99. The summed E-state index contributed by atoms with van der Waals surface area (Å²) in [6, 6.07) is 8.13. The molecular formula is C14H21NO2. The van der Waals surface area contributed by atoms with E-state index in [1.807, 2.05) is 38.1 Å². The minimum atomic E-state index is 0.0551. The highest BCUT2D eigenvalue weighted by Crippen LogP contribution is 2.05. The van der Waals surface area contributed by atoms with E-state index in [0.717, 1.165) is 12.0 Å². The van der Waals surface area contributed by atoms with Crippen LogP contribution >= 0.6 is 0 Å². The molecule has 0 spiro atoms. The first-order valence-electron chi connectivity index (χ1n) is 5.99. The predicted molar refractivity (Wildman–Crippen MR) is 69.0 cm³/mol. The summed E-state index contributed by atoms with van der Waals surface area (Å²) in [5.74, 6) is 0.0551. The highest BCUT2D eigenvalue weighted by atomic mass is 16.5. The highest BCUT2D eigenvalue weighted by Gasteiger charge is 2.10. The molecule has 0 radical (unpaired) electrons. The van der Waals surface area contributed by atoms with Crippen LogP contribution in [0.2, 0.25) is 0 Å². The zero-order valence-electron chi connectivity index (χ0n) is 10.8. The molecule has 1 atom stereocenters. The third kappa shape index (κ3) is 5.00. The van der Waals surface area contributed by atoms with E-state index in [0.29, 0.717) is 13.0 Å². The van der Waals surface area contributed by atoms with Gasteiger partial charge in [-0.15, -0.1) is 0 Å². The topological polar surface area (TPSA) is 38.3 Å². The fraction of sp³-hybridized carbons (Fsp3) is 0.500. The molecule has 17 heavy (non-hydrogen) atoms. The molecule has 0 aliphatic carbocycles. The minimum absolute atomic E-state index is 0.0551. The van der Waals surface area contributed by atoms with Gasteiger partial charge in [0.1, 0.15) is 0 Å². The second kappa shape index (κ2) is 7.07. The van der Waals surface area contributed by atoms with Gasteiger partial charge in [0.15, 0.2) is 0 Å². The lowest BCUT2D eigenvalue weighted by Gasteiger charge is -2.15. The third-order valence-corrected chi connectivity index (χ3v) is 2.67. The van der Waals surface area contributed by atoms with Crippen LogP contribution in [0.4, 0.5) is 0 Å². The molecule has 1 aromatic rings. The summed E-state index contributed by atoms with van der Waals surface area (Å²) in [7, 11) is 1.65. The SMILES string of the molecule is CCC(COC)NC(=O)Cc1cccc(C)c1. The van der Waals surface area contributed by atoms with Crippen LogP contribution in [0.15, 0.2) is 24.3 Å². The van der Waals surface area contributed by atoms with Crippen LogP contribution in [0.5, 0.6) is 0 Å². The number of rotatable bonds is 6. The van der Waals surface area contributed by atoms with E-state index in [1.54, 1.807) is 7.11 Å². The second-order valence-electron chi connectivity index (χ2n) is 4.29. The number of carbonyl (C=O) groups is 1. The molecule has 3 nitrogen and oxygen atoms in total. The van der Waals surface area contributed by atoms with Crippen LogP contribution in [0.25, 0.3) is 0 Å². The summed E-state index contributed by atoms with van der Waals surface area (Å²) in [5, 5.41) is 2.97. The van der Waals surface area contributed by atoms with E-state index in [4.69, 9.17) is 4.74 Å². The van der Waals surface area contributed by atoms with E-state index < -0.39 is 0 Å². The van der Waals surface area contributed by atoms with Crippen molar-refractivity contribution in [3.63, 3.8) is 0 Å². The zero-order chi connectivity index (χ0) is 12.7. The van der Waals surface area contributed by atoms with E-state index in [-0.39, 0.29) is 11.9 Å². The van der Waals surface area contributed by atoms with Gasteiger partial charge < -0.3 is 10.1 Å². The fourth-order valence-corrected chi connectivity index (χ4v) is 1.75. The molecule has 0 saturated heterocycles. The van der Waals surface area contributed by atoms with Gasteiger partial charge in [-0.2, -0.15) is 0 Å². The second-order valence-corrected chi connectivity index (χ2v) is 4.29. The quantitative estimate of drug-likeness (QED) is 0.820. The molecule has 94 valence electrons. The molecule has 0 aromatic heterocycles. The Labute approximate surface area is 103 Å². The van der Waals surface area contributed by atoms with E-state index in [2.05, 4.69) is 5.32 Å². The maximum Gasteiger partial charge on any atom is 0.224 e. The molecule has 0 aliphatic heterocycles. The van der Waals surface area contributed by atoms with Crippen molar-refractivity contribution in [3.05, 3.63) is 35.4 Å². The summed E-state index contributed by atoms with van der Waals surface area (Å²) >= 11 is 0. The number of methoxy groups -OCH3 is 1. The smallest absolute Gasteiger partial charge is 0.224 e. The van der Waals surface area contributed by atoms with Gasteiger partial charge in [-0.1, -0.05) is 36.8 Å². The van der Waals surface area contributed by atoms with Crippen LogP contribution in [0.1, 0.15) is 24.5 Å². The van der Waals surface area contributed by atoms with Crippen LogP contribution in [0, 0.1) is 6.92 Å². The van der Waals surface area contributed by atoms with Crippen LogP contribution in [0.3, 0.4) is 0 Å². The molecule has 1 amide bonds. The molecule has 0 fully saturated rings. The van der Waals surface area contributed by atoms with Gasteiger partial charge in [0.2, 0.25) is 5.91 Å². The number of hydrogen-bond donors (Lipinski definition) is 1. The van der Waals surface area contributed by atoms with Crippen molar-refractivity contribution in [2.24, 2.45) is 0 Å². The van der Waals surface area contributed by atoms with Crippen molar-refractivity contribution >= 4 is 5.91 Å². The Bertz CT molecular complexity index is 363. The lowest BCUT2D eigenvalue weighted by Crippen LogP contribution is -2.38. The van der Waals surface area contributed by atoms with E-state index in [9.17, 15) is 4.79 Å². The predicted octanol–water partition coefficient (Wildman–Crippen LogP) is 2.08. The highest BCUT2D eigenvalue weighted by molar-refractivity contribution is 5.78. The molecule has 0 heterocycles. The van der Waals surface area contributed by atoms with Crippen molar-refractivity contribution in [2.75, 3.05) is 13.7 Å². The number of carbonyl (C=O) groups excluding carboxylic acids is 1. The standard InChI is InChI=1S/C14H21NO2/c1-4-13(10-17-3)15-14(16)9-12-7-5-6-11(2)8-12/h5-8,13H,4,9-10H2,1-3H3,(H,15,16). The maximum absolute atomic E-state index is 11.8. The van der Waals surface area contributed by atoms with Crippen molar-refractivity contribution in [2.45, 2.75) is 32.7 Å². The average Bonchev–Trinajstić information content (AvgIpc) is 2.28. The molecule has 0 bridgehead atoms. The Hall–Kier alpha value is -1.35. The van der Waals surface area contributed by atoms with Crippen LogP contribution in [-0.4, -0.2) is 25.7 Å². The first-order chi connectivity index (χ1) is 8.15. The van der Waals surface area contributed by atoms with Gasteiger partial charge in [0, 0.05) is 7.11 Å². The average molecular weight is 235 g/mol. The Morgan fingerprint density at radius 3 is 2.82 bits per heavy atom. The number of aryl methyl sites for hydroxylation is 1. The molecule has 1 N–H and O–H groups in total. The lowest BCUT2D eigenvalue weighted by molar-refractivity contribution is -0.121. The van der Waals surface area contributed by atoms with Gasteiger partial charge in [-0.05, 0) is 18.9 Å². The van der Waals surface area contributed by atoms with Crippen molar-refractivity contribution in [1.29, 1.82) is 0 Å². The normalized spacial score (nSPS) is 12.2. The van der Waals surface area contributed by atoms with Gasteiger partial charge >= 0.3 is 0 Å². The number of nitrogens with one attached hydrogen (secondary N) is 1. The first kappa shape index (κ1) is 13.7. The molecule has 1 aromatic carbocycles. The molecule has 1 unspecified atom stereocenters. The molecule has 0 saturated carbocycles. The van der Waals surface area contributed by atoms with E-state index >= 15 is 0 Å². The van der Waals surface area contributed by atoms with E-state index in [1.165, 1.54) is 5.56 Å². The van der Waals surface area contributed by atoms with Crippen molar-refractivity contribution in [1.82, 2.24) is 5.32 Å². The van der Waals surface area contributed by atoms with Crippen molar-refractivity contribution in [3.8, 4) is 0 Å². The fourth-order valence-electron chi connectivity index (χ4n) is 1.75. The number of hydrogen-bond acceptors (Lipinski definition) is 2. The number of ether oxygens (including phenoxy) is 1. The Balaban J connectivity index is 2.49. The lowest BCUT2D eigenvalue weighted by atomic mass is 10.1. The van der Waals surface area contributed by atoms with Crippen LogP contribution in [-0.2, 0) is 16.0 Å². The van der Waals surface area contributed by atoms with Crippen LogP contribution < -0.4 is 5.32 Å². The zero-order valence-corrected chi connectivity index (χ0v) is 10.8. The summed E-state index contributed by atoms with van der Waals surface area (Å²) in [5.41, 5.74) is 2.23. The summed E-state index contributed by atoms with van der Waals surface area (Å²) < 4.78 is 5.05. The summed E-state index contributed by atoms with van der Waals surface area (Å²) in [6.45, 7) is 4.63. The maximum atomic E-state index is 11.8. The van der Waals surface area contributed by atoms with Gasteiger partial charge in [0.05, 0.1) is 19.1 Å². The molecule has 0 aliphatic rings. The van der Waals surface area contributed by atoms with Gasteiger partial charge in [-0.25, -0.2) is 0 Å². The van der Waals surface area contributed by atoms with Crippen molar-refractivity contribution < 1.29 is 9.53 Å². The molecule has 3 heteroatoms. The molecule has 1 rings (SSSR count). The number of amides is 1. The number of benzene rings is 1. The molecular weight excluding hydrogens is 214 g/mol. The minimum Gasteiger partial charge on any atom is -0.383 e. The largest absolute Gasteiger partial charge is 0.383 e. The summed E-state index contributed by atoms with van der Waals surface area (Å²) in [6.07, 6.45) is 1.31. The van der Waals surface area contributed by atoms with Gasteiger partial charge in [-0.3, -0.25) is 4.79 Å². The Morgan fingerprint density at radius 2 is 2.24 bits per heavy atom. The summed E-state index contributed by atoms with van der Waals surface area (Å²) in [4.78, 5) is 11.8. The monoisotopic (exact) mass is 235 g/mol. The Kier molecular flexibility index (Phi) is 5.70. The Morgan fingerprint density at radius 1 is 1.47 bits per heavy atom. The van der Waals surface area contributed by atoms with Gasteiger partial charge in [0.25, 0.3) is 0 Å². The third-order valence-electron chi connectivity index (χ3n) is 2.67.